The molecule has 3 atom stereocenters. The monoisotopic (exact) mass is 316 g/mol. The minimum atomic E-state index is 0.359. The summed E-state index contributed by atoms with van der Waals surface area (Å²) in [6.45, 7) is 10.1. The lowest BCUT2D eigenvalue weighted by Crippen LogP contribution is -2.55. The molecule has 4 rings (SSSR count). The number of rotatable bonds is 4. The van der Waals surface area contributed by atoms with Crippen molar-refractivity contribution in [2.75, 3.05) is 33.0 Å². The summed E-state index contributed by atoms with van der Waals surface area (Å²) in [6, 6.07) is 7.87. The number of hydrogen-bond acceptors (Lipinski definition) is 4. The van der Waals surface area contributed by atoms with Gasteiger partial charge in [0.2, 0.25) is 6.79 Å². The third kappa shape index (κ3) is 3.20. The van der Waals surface area contributed by atoms with Crippen LogP contribution in [0.5, 0.6) is 11.5 Å². The second-order valence-corrected chi connectivity index (χ2v) is 7.59. The summed E-state index contributed by atoms with van der Waals surface area (Å²) in [7, 11) is 0. The highest BCUT2D eigenvalue weighted by Gasteiger charge is 2.34. The fraction of sp³-hybridized carbons (Fsp3) is 0.684. The first kappa shape index (κ1) is 15.3. The molecule has 23 heavy (non-hydrogen) atoms. The van der Waals surface area contributed by atoms with Crippen molar-refractivity contribution >= 4 is 0 Å². The van der Waals surface area contributed by atoms with Crippen molar-refractivity contribution in [2.24, 2.45) is 5.92 Å². The van der Waals surface area contributed by atoms with Crippen LogP contribution in [-0.2, 0) is 6.42 Å². The van der Waals surface area contributed by atoms with Crippen LogP contribution in [0.25, 0.3) is 0 Å². The van der Waals surface area contributed by atoms with E-state index < -0.39 is 0 Å². The Morgan fingerprint density at radius 3 is 3.00 bits per heavy atom. The van der Waals surface area contributed by atoms with Gasteiger partial charge in [-0.3, -0.25) is 9.80 Å². The summed E-state index contributed by atoms with van der Waals surface area (Å²) in [6.07, 6.45) is 3.88. The van der Waals surface area contributed by atoms with Crippen LogP contribution in [0.2, 0.25) is 0 Å². The first-order chi connectivity index (χ1) is 11.2. The van der Waals surface area contributed by atoms with E-state index in [2.05, 4.69) is 35.8 Å². The first-order valence-electron chi connectivity index (χ1n) is 9.05. The molecule has 0 amide bonds. The first-order valence-corrected chi connectivity index (χ1v) is 9.05. The third-order valence-electron chi connectivity index (χ3n) is 5.63. The Balaban J connectivity index is 1.35. The zero-order valence-corrected chi connectivity index (χ0v) is 14.3. The van der Waals surface area contributed by atoms with Crippen molar-refractivity contribution in [1.29, 1.82) is 0 Å². The Bertz CT molecular complexity index is 562. The zero-order valence-electron chi connectivity index (χ0n) is 14.3. The molecule has 0 saturated carbocycles. The fourth-order valence-corrected chi connectivity index (χ4v) is 4.44. The standard InChI is InChI=1S/C19H28N2O2/c1-14(8-16-5-6-18-19(9-16)23-13-22-18)10-21-12-17-4-3-7-20(17)11-15(21)2/h5-6,9,14-15,17H,3-4,7-8,10-13H2,1-2H3/t14-,15+,17+/m1/s1. The van der Waals surface area contributed by atoms with Gasteiger partial charge in [0, 0.05) is 31.7 Å². The van der Waals surface area contributed by atoms with E-state index in [0.29, 0.717) is 18.8 Å². The van der Waals surface area contributed by atoms with Gasteiger partial charge in [-0.1, -0.05) is 13.0 Å². The molecule has 3 aliphatic heterocycles. The molecule has 1 aromatic rings. The number of nitrogens with zero attached hydrogens (tertiary/aromatic N) is 2. The summed E-state index contributed by atoms with van der Waals surface area (Å²) in [5.41, 5.74) is 1.36. The van der Waals surface area contributed by atoms with Crippen LogP contribution < -0.4 is 9.47 Å². The van der Waals surface area contributed by atoms with Gasteiger partial charge in [0.1, 0.15) is 0 Å². The van der Waals surface area contributed by atoms with Crippen LogP contribution >= 0.6 is 0 Å². The predicted molar refractivity (Wildman–Crippen MR) is 91.1 cm³/mol. The summed E-state index contributed by atoms with van der Waals surface area (Å²) < 4.78 is 10.9. The third-order valence-corrected chi connectivity index (χ3v) is 5.63. The Hall–Kier alpha value is -1.26. The average Bonchev–Trinajstić information content (AvgIpc) is 3.15. The van der Waals surface area contributed by atoms with Crippen molar-refractivity contribution < 1.29 is 9.47 Å². The molecular weight excluding hydrogens is 288 g/mol. The molecule has 0 aromatic heterocycles. The van der Waals surface area contributed by atoms with E-state index in [1.54, 1.807) is 0 Å². The molecule has 0 aliphatic carbocycles. The number of benzene rings is 1. The van der Waals surface area contributed by atoms with Crippen LogP contribution in [0.4, 0.5) is 0 Å². The number of ether oxygens (including phenoxy) is 2. The van der Waals surface area contributed by atoms with E-state index in [4.69, 9.17) is 9.47 Å². The van der Waals surface area contributed by atoms with E-state index >= 15 is 0 Å². The summed E-state index contributed by atoms with van der Waals surface area (Å²) >= 11 is 0. The Labute approximate surface area is 139 Å². The van der Waals surface area contributed by atoms with Crippen LogP contribution in [-0.4, -0.2) is 54.9 Å². The lowest BCUT2D eigenvalue weighted by Gasteiger charge is -2.43. The van der Waals surface area contributed by atoms with Crippen molar-refractivity contribution in [3.63, 3.8) is 0 Å². The zero-order chi connectivity index (χ0) is 15.8. The highest BCUT2D eigenvalue weighted by atomic mass is 16.7. The van der Waals surface area contributed by atoms with Gasteiger partial charge >= 0.3 is 0 Å². The molecule has 126 valence electrons. The normalized spacial score (nSPS) is 28.8. The molecule has 4 nitrogen and oxygen atoms in total. The Morgan fingerprint density at radius 2 is 2.09 bits per heavy atom. The maximum atomic E-state index is 5.50. The molecule has 2 saturated heterocycles. The van der Waals surface area contributed by atoms with Crippen molar-refractivity contribution in [2.45, 2.75) is 45.2 Å². The van der Waals surface area contributed by atoms with Crippen LogP contribution in [0.1, 0.15) is 32.3 Å². The maximum Gasteiger partial charge on any atom is 0.231 e. The molecule has 3 aliphatic rings. The van der Waals surface area contributed by atoms with Crippen molar-refractivity contribution in [1.82, 2.24) is 9.80 Å². The number of piperazine rings is 1. The van der Waals surface area contributed by atoms with E-state index in [0.717, 1.165) is 24.0 Å². The Kier molecular flexibility index (Phi) is 4.20. The second-order valence-electron chi connectivity index (χ2n) is 7.59. The van der Waals surface area contributed by atoms with Gasteiger partial charge in [0.15, 0.2) is 11.5 Å². The molecule has 0 radical (unpaired) electrons. The van der Waals surface area contributed by atoms with Gasteiger partial charge in [-0.2, -0.15) is 0 Å². The van der Waals surface area contributed by atoms with Crippen molar-refractivity contribution in [3.05, 3.63) is 23.8 Å². The second kappa shape index (κ2) is 6.33. The average molecular weight is 316 g/mol. The lowest BCUT2D eigenvalue weighted by molar-refractivity contribution is 0.0499. The molecule has 0 unspecified atom stereocenters. The topological polar surface area (TPSA) is 24.9 Å². The summed E-state index contributed by atoms with van der Waals surface area (Å²) in [4.78, 5) is 5.41. The predicted octanol–water partition coefficient (Wildman–Crippen LogP) is 2.76. The molecular formula is C19H28N2O2. The maximum absolute atomic E-state index is 5.50. The fourth-order valence-electron chi connectivity index (χ4n) is 4.44. The molecule has 3 heterocycles. The number of hydrogen-bond donors (Lipinski definition) is 0. The highest BCUT2D eigenvalue weighted by molar-refractivity contribution is 5.44. The highest BCUT2D eigenvalue weighted by Crippen LogP contribution is 2.33. The minimum absolute atomic E-state index is 0.359. The van der Waals surface area contributed by atoms with Gasteiger partial charge in [0.25, 0.3) is 0 Å². The van der Waals surface area contributed by atoms with Gasteiger partial charge < -0.3 is 9.47 Å². The van der Waals surface area contributed by atoms with E-state index in [1.807, 2.05) is 6.07 Å². The molecule has 0 spiro atoms. The SMILES string of the molecule is C[C@H](Cc1ccc2c(c1)OCO2)CN1C[C@@H]2CCCN2C[C@@H]1C. The van der Waals surface area contributed by atoms with Gasteiger partial charge in [-0.25, -0.2) is 0 Å². The van der Waals surface area contributed by atoms with Crippen LogP contribution in [0, 0.1) is 5.92 Å². The summed E-state index contributed by atoms with van der Waals surface area (Å²) in [5.74, 6) is 2.45. The molecule has 0 N–H and O–H groups in total. The Morgan fingerprint density at radius 1 is 1.22 bits per heavy atom. The molecule has 4 heteroatoms. The largest absolute Gasteiger partial charge is 0.454 e. The van der Waals surface area contributed by atoms with Crippen LogP contribution in [0.15, 0.2) is 18.2 Å². The number of fused-ring (bicyclic) bond motifs is 2. The van der Waals surface area contributed by atoms with E-state index in [1.165, 1.54) is 44.6 Å². The van der Waals surface area contributed by atoms with Crippen LogP contribution in [0.3, 0.4) is 0 Å². The lowest BCUT2D eigenvalue weighted by atomic mass is 9.98. The quantitative estimate of drug-likeness (QED) is 0.853. The minimum Gasteiger partial charge on any atom is -0.454 e. The van der Waals surface area contributed by atoms with Gasteiger partial charge in [0.05, 0.1) is 0 Å². The molecule has 0 bridgehead atoms. The smallest absolute Gasteiger partial charge is 0.231 e. The van der Waals surface area contributed by atoms with E-state index in [-0.39, 0.29) is 0 Å². The van der Waals surface area contributed by atoms with Gasteiger partial charge in [-0.05, 0) is 56.3 Å². The van der Waals surface area contributed by atoms with E-state index in [9.17, 15) is 0 Å². The molecule has 1 aromatic carbocycles. The van der Waals surface area contributed by atoms with Crippen molar-refractivity contribution in [3.8, 4) is 11.5 Å². The summed E-state index contributed by atoms with van der Waals surface area (Å²) in [5, 5.41) is 0. The van der Waals surface area contributed by atoms with Gasteiger partial charge in [-0.15, -0.1) is 0 Å². The molecule has 2 fully saturated rings.